The van der Waals surface area contributed by atoms with Crippen molar-refractivity contribution in [3.63, 3.8) is 0 Å². The smallest absolute Gasteiger partial charge is 0.349 e. The Kier molecular flexibility index (Phi) is 8.20. The summed E-state index contributed by atoms with van der Waals surface area (Å²) in [5, 5.41) is 55.9. The van der Waals surface area contributed by atoms with Gasteiger partial charge in [0.15, 0.2) is 23.0 Å². The van der Waals surface area contributed by atoms with E-state index in [4.69, 9.17) is 0 Å². The fraction of sp³-hybridized carbons (Fsp3) is 0.0909. The summed E-state index contributed by atoms with van der Waals surface area (Å²) in [5.41, 5.74) is 0.455. The number of benzene rings is 2. The van der Waals surface area contributed by atoms with E-state index in [2.05, 4.69) is 9.47 Å². The molecule has 6 N–H and O–H groups in total. The highest BCUT2D eigenvalue weighted by Crippen LogP contribution is 2.26. The Balaban J connectivity index is 2.11. The van der Waals surface area contributed by atoms with Crippen molar-refractivity contribution in [2.24, 2.45) is 0 Å². The van der Waals surface area contributed by atoms with Crippen LogP contribution < -0.4 is 0 Å². The molecule has 2 aromatic carbocycles. The number of carbonyl (C=O) groups excluding carboxylic acids is 2. The molecular weight excluding hydrogens is 456 g/mol. The molecule has 0 radical (unpaired) electrons. The quantitative estimate of drug-likeness (QED) is 0.172. The molecule has 2 atom stereocenters. The topological polar surface area (TPSA) is 208 Å². The molecule has 0 amide bonds. The van der Waals surface area contributed by atoms with Gasteiger partial charge in [-0.05, 0) is 47.5 Å². The highest BCUT2D eigenvalue weighted by atomic mass is 16.6. The van der Waals surface area contributed by atoms with E-state index in [9.17, 15) is 49.8 Å². The normalized spacial score (nSPS) is 12.8. The number of ether oxygens (including phenoxy) is 2. The number of carbonyl (C=O) groups is 4. The van der Waals surface area contributed by atoms with Gasteiger partial charge in [-0.15, -0.1) is 0 Å². The minimum absolute atomic E-state index is 0.228. The molecule has 12 nitrogen and oxygen atoms in total. The van der Waals surface area contributed by atoms with E-state index in [0.717, 1.165) is 48.6 Å². The Morgan fingerprint density at radius 1 is 0.618 bits per heavy atom. The first-order chi connectivity index (χ1) is 16.0. The Bertz CT molecular complexity index is 1070. The lowest BCUT2D eigenvalue weighted by Crippen LogP contribution is -2.45. The molecule has 0 fully saturated rings. The van der Waals surface area contributed by atoms with Crippen molar-refractivity contribution >= 4 is 36.0 Å². The van der Waals surface area contributed by atoms with Crippen molar-refractivity contribution in [3.05, 3.63) is 59.7 Å². The molecule has 0 aromatic heterocycles. The van der Waals surface area contributed by atoms with Crippen LogP contribution in [0.2, 0.25) is 0 Å². The standard InChI is InChI=1S/C22H18O12/c23-13-5-1-11(9-15(13)25)3-7-17(27)33-19(21(29)30)20(22(31)32)34-18(28)8-4-12-2-6-14(24)16(26)10-12/h1-10,19-20,23-26H,(H,29,30)(H,31,32)/b7-3-,8-4-/t19-,20-/m0/s1. The van der Waals surface area contributed by atoms with E-state index in [1.165, 1.54) is 12.1 Å². The maximum atomic E-state index is 12.0. The third-order valence-corrected chi connectivity index (χ3v) is 4.07. The van der Waals surface area contributed by atoms with Crippen LogP contribution in [0.25, 0.3) is 12.2 Å². The summed E-state index contributed by atoms with van der Waals surface area (Å²) >= 11 is 0. The zero-order valence-electron chi connectivity index (χ0n) is 17.1. The molecule has 0 spiro atoms. The zero-order valence-corrected chi connectivity index (χ0v) is 17.1. The van der Waals surface area contributed by atoms with Gasteiger partial charge >= 0.3 is 23.9 Å². The van der Waals surface area contributed by atoms with Crippen LogP contribution in [0.5, 0.6) is 23.0 Å². The van der Waals surface area contributed by atoms with Crippen LogP contribution in [-0.4, -0.2) is 66.7 Å². The van der Waals surface area contributed by atoms with Gasteiger partial charge in [0.2, 0.25) is 12.2 Å². The fourth-order valence-electron chi connectivity index (χ4n) is 2.43. The van der Waals surface area contributed by atoms with Gasteiger partial charge in [0.25, 0.3) is 0 Å². The van der Waals surface area contributed by atoms with Crippen LogP contribution in [0.3, 0.4) is 0 Å². The number of aliphatic carboxylic acids is 2. The lowest BCUT2D eigenvalue weighted by Gasteiger charge is -2.19. The largest absolute Gasteiger partial charge is 0.504 e. The molecular formula is C22H18O12. The molecule has 0 bridgehead atoms. The van der Waals surface area contributed by atoms with Crippen molar-refractivity contribution in [2.75, 3.05) is 0 Å². The van der Waals surface area contributed by atoms with Gasteiger partial charge in [-0.3, -0.25) is 0 Å². The first-order valence-corrected chi connectivity index (χ1v) is 9.25. The van der Waals surface area contributed by atoms with Crippen LogP contribution in [0, 0.1) is 0 Å². The van der Waals surface area contributed by atoms with Crippen LogP contribution >= 0.6 is 0 Å². The number of carboxylic acid groups (broad SMARTS) is 2. The third kappa shape index (κ3) is 7.02. The number of carboxylic acids is 2. The zero-order chi connectivity index (χ0) is 25.4. The van der Waals surface area contributed by atoms with Gasteiger partial charge in [-0.1, -0.05) is 12.1 Å². The highest BCUT2D eigenvalue weighted by Gasteiger charge is 2.40. The fourth-order valence-corrected chi connectivity index (χ4v) is 2.43. The maximum absolute atomic E-state index is 12.0. The van der Waals surface area contributed by atoms with Gasteiger partial charge in [-0.25, -0.2) is 19.2 Å². The second kappa shape index (κ2) is 11.0. The highest BCUT2D eigenvalue weighted by molar-refractivity contribution is 5.93. The minimum atomic E-state index is -2.40. The van der Waals surface area contributed by atoms with Crippen LogP contribution in [0.4, 0.5) is 0 Å². The molecule has 0 heterocycles. The number of phenols is 4. The van der Waals surface area contributed by atoms with Gasteiger partial charge < -0.3 is 40.1 Å². The maximum Gasteiger partial charge on any atom is 0.349 e. The predicted octanol–water partition coefficient (Wildman–Crippen LogP) is 1.23. The van der Waals surface area contributed by atoms with Crippen LogP contribution in [0.1, 0.15) is 11.1 Å². The second-order valence-electron chi connectivity index (χ2n) is 6.55. The first-order valence-electron chi connectivity index (χ1n) is 9.25. The predicted molar refractivity (Wildman–Crippen MR) is 113 cm³/mol. The Labute approximate surface area is 190 Å². The van der Waals surface area contributed by atoms with Crippen LogP contribution in [-0.2, 0) is 28.7 Å². The van der Waals surface area contributed by atoms with E-state index < -0.39 is 59.1 Å². The third-order valence-electron chi connectivity index (χ3n) is 4.07. The number of phenolic OH excluding ortho intramolecular Hbond substituents is 4. The van der Waals surface area contributed by atoms with Crippen molar-refractivity contribution in [2.45, 2.75) is 12.2 Å². The number of rotatable bonds is 9. The molecule has 0 saturated heterocycles. The van der Waals surface area contributed by atoms with E-state index in [1.807, 2.05) is 0 Å². The summed E-state index contributed by atoms with van der Waals surface area (Å²) in [5.74, 6) is -8.18. The van der Waals surface area contributed by atoms with Gasteiger partial charge in [0.05, 0.1) is 0 Å². The Morgan fingerprint density at radius 2 is 0.971 bits per heavy atom. The monoisotopic (exact) mass is 474 g/mol. The summed E-state index contributed by atoms with van der Waals surface area (Å²) < 4.78 is 9.25. The molecule has 2 aromatic rings. The molecule has 0 aliphatic rings. The summed E-state index contributed by atoms with van der Waals surface area (Å²) in [4.78, 5) is 46.9. The molecule has 0 unspecified atom stereocenters. The van der Waals surface area contributed by atoms with Gasteiger partial charge in [-0.2, -0.15) is 0 Å². The average Bonchev–Trinajstić information content (AvgIpc) is 2.77. The van der Waals surface area contributed by atoms with Crippen molar-refractivity contribution in [1.82, 2.24) is 0 Å². The van der Waals surface area contributed by atoms with Gasteiger partial charge in [0, 0.05) is 12.2 Å². The summed E-state index contributed by atoms with van der Waals surface area (Å²) in [6.07, 6.45) is -1.15. The number of aromatic hydroxyl groups is 4. The summed E-state index contributed by atoms with van der Waals surface area (Å²) in [6, 6.07) is 7.08. The van der Waals surface area contributed by atoms with E-state index in [-0.39, 0.29) is 11.1 Å². The van der Waals surface area contributed by atoms with Crippen molar-refractivity contribution in [1.29, 1.82) is 0 Å². The van der Waals surface area contributed by atoms with Crippen LogP contribution in [0.15, 0.2) is 48.6 Å². The molecule has 0 aliphatic carbocycles. The van der Waals surface area contributed by atoms with Gasteiger partial charge in [0.1, 0.15) is 0 Å². The Hall–Kier alpha value is -5.00. The lowest BCUT2D eigenvalue weighted by molar-refractivity contribution is -0.183. The minimum Gasteiger partial charge on any atom is -0.504 e. The molecule has 2 rings (SSSR count). The molecule has 0 aliphatic heterocycles. The van der Waals surface area contributed by atoms with Crippen molar-refractivity contribution in [3.8, 4) is 23.0 Å². The molecule has 178 valence electrons. The first kappa shape index (κ1) is 25.3. The number of hydrogen-bond acceptors (Lipinski definition) is 10. The van der Waals surface area contributed by atoms with Crippen molar-refractivity contribution < 1.29 is 59.3 Å². The number of hydrogen-bond donors (Lipinski definition) is 6. The molecule has 0 saturated carbocycles. The number of esters is 2. The average molecular weight is 474 g/mol. The second-order valence-corrected chi connectivity index (χ2v) is 6.55. The SMILES string of the molecule is O=C(/C=C\c1ccc(O)c(O)c1)O[C@H](C(=O)O)[C@H](OC(=O)/C=C\c1ccc(O)c(O)c1)C(=O)O. The van der Waals surface area contributed by atoms with E-state index in [0.29, 0.717) is 0 Å². The van der Waals surface area contributed by atoms with E-state index >= 15 is 0 Å². The molecule has 12 heteroatoms. The summed E-state index contributed by atoms with van der Waals surface area (Å²) in [6.45, 7) is 0. The molecule has 34 heavy (non-hydrogen) atoms. The Morgan fingerprint density at radius 3 is 1.26 bits per heavy atom. The van der Waals surface area contributed by atoms with E-state index in [1.54, 1.807) is 0 Å². The lowest BCUT2D eigenvalue weighted by atomic mass is 10.2. The summed E-state index contributed by atoms with van der Waals surface area (Å²) in [7, 11) is 0.